The highest BCUT2D eigenvalue weighted by molar-refractivity contribution is 7.89. The predicted octanol–water partition coefficient (Wildman–Crippen LogP) is 10.8. The van der Waals surface area contributed by atoms with Gasteiger partial charge in [-0.05, 0) is 70.1 Å². The average molecular weight is 818 g/mol. The molecule has 6 rings (SSSR count). The van der Waals surface area contributed by atoms with Crippen molar-refractivity contribution >= 4 is 24.3 Å². The fourth-order valence-electron chi connectivity index (χ4n) is 9.51. The van der Waals surface area contributed by atoms with Crippen LogP contribution in [0.5, 0.6) is 0 Å². The van der Waals surface area contributed by atoms with Crippen LogP contribution in [-0.2, 0) is 29.5 Å². The number of aryl methyl sites for hydroxylation is 1. The minimum Gasteiger partial charge on any atom is -0.465 e. The maximum atomic E-state index is 14.8. The highest BCUT2D eigenvalue weighted by Gasteiger charge is 2.52. The smallest absolute Gasteiger partial charge is 0.337 e. The third-order valence-corrected chi connectivity index (χ3v) is 20.2. The van der Waals surface area contributed by atoms with E-state index in [2.05, 4.69) is 77.9 Å². The van der Waals surface area contributed by atoms with Gasteiger partial charge in [0.25, 0.3) is 0 Å². The van der Waals surface area contributed by atoms with Crippen LogP contribution in [0.15, 0.2) is 144 Å². The van der Waals surface area contributed by atoms with Gasteiger partial charge in [-0.25, -0.2) is 13.2 Å². The molecule has 0 saturated carbocycles. The number of nitrogens with zero attached hydrogens (tertiary/aromatic N) is 1. The first kappa shape index (κ1) is 43.2. The van der Waals surface area contributed by atoms with E-state index in [1.165, 1.54) is 7.11 Å². The lowest BCUT2D eigenvalue weighted by Gasteiger charge is -2.51. The molecular weight excluding hydrogens is 759 g/mol. The lowest BCUT2D eigenvalue weighted by atomic mass is 9.78. The van der Waals surface area contributed by atoms with Gasteiger partial charge in [0.15, 0.2) is 0 Å². The molecule has 7 nitrogen and oxygen atoms in total. The van der Waals surface area contributed by atoms with Crippen molar-refractivity contribution < 1.29 is 27.1 Å². The van der Waals surface area contributed by atoms with Gasteiger partial charge in [0, 0.05) is 24.9 Å². The lowest BCUT2D eigenvalue weighted by Crippen LogP contribution is -2.58. The second-order valence-corrected chi connectivity index (χ2v) is 23.9. The van der Waals surface area contributed by atoms with Crippen LogP contribution in [0.4, 0.5) is 0 Å². The summed E-state index contributed by atoms with van der Waals surface area (Å²) in [6, 6.07) is 45.4. The summed E-state index contributed by atoms with van der Waals surface area (Å²) in [4.78, 5) is 12.9. The van der Waals surface area contributed by atoms with Crippen LogP contribution in [0.3, 0.4) is 0 Å². The number of piperidine rings is 1. The molecule has 9 heteroatoms. The number of ether oxygens (including phenoxy) is 2. The van der Waals surface area contributed by atoms with E-state index in [0.29, 0.717) is 5.56 Å². The molecule has 5 aromatic rings. The maximum Gasteiger partial charge on any atom is 0.337 e. The third-order valence-electron chi connectivity index (χ3n) is 12.2. The Bertz CT molecular complexity index is 2080. The van der Waals surface area contributed by atoms with Crippen molar-refractivity contribution in [1.29, 1.82) is 0 Å². The third kappa shape index (κ3) is 8.52. The van der Waals surface area contributed by atoms with Gasteiger partial charge >= 0.3 is 5.97 Å². The van der Waals surface area contributed by atoms with Crippen LogP contribution < -0.4 is 0 Å². The Morgan fingerprint density at radius 1 is 0.690 bits per heavy atom. The molecule has 1 saturated heterocycles. The van der Waals surface area contributed by atoms with Crippen molar-refractivity contribution in [2.45, 2.75) is 87.6 Å². The number of sulfonamides is 1. The minimum absolute atomic E-state index is 0.179. The zero-order chi connectivity index (χ0) is 41.7. The molecule has 0 amide bonds. The Morgan fingerprint density at radius 2 is 1.16 bits per heavy atom. The molecule has 0 aromatic heterocycles. The Labute approximate surface area is 347 Å². The fraction of sp³-hybridized carbons (Fsp3) is 0.367. The number of hydrogen-bond acceptors (Lipinski definition) is 6. The van der Waals surface area contributed by atoms with Gasteiger partial charge in [-0.3, -0.25) is 0 Å². The SMILES string of the molecule is COC(=O)c1ccc(C2C(COC(c3ccccc3)(c3ccccc3)c3ccccc3)CN(S(=O)(=O)c3ccc(C)cc3)CC2O[Si](C(C)C)(C(C)C)C(C)C)cc1. The number of esters is 1. The monoisotopic (exact) mass is 817 g/mol. The van der Waals surface area contributed by atoms with E-state index >= 15 is 0 Å². The number of rotatable bonds is 15. The van der Waals surface area contributed by atoms with Crippen molar-refractivity contribution in [3.63, 3.8) is 0 Å². The number of carbonyl (C=O) groups is 1. The van der Waals surface area contributed by atoms with Crippen molar-refractivity contribution in [2.24, 2.45) is 5.92 Å². The van der Waals surface area contributed by atoms with E-state index in [4.69, 9.17) is 13.9 Å². The molecule has 3 unspecified atom stereocenters. The quantitative estimate of drug-likeness (QED) is 0.0595. The summed E-state index contributed by atoms with van der Waals surface area (Å²) in [7, 11) is -5.15. The van der Waals surface area contributed by atoms with Gasteiger partial charge in [-0.15, -0.1) is 0 Å². The number of methoxy groups -OCH3 is 1. The number of hydrogen-bond donors (Lipinski definition) is 0. The van der Waals surface area contributed by atoms with Crippen LogP contribution in [0.2, 0.25) is 16.6 Å². The fourth-order valence-corrected chi connectivity index (χ4v) is 16.6. The summed E-state index contributed by atoms with van der Waals surface area (Å²) in [6.07, 6.45) is -0.509. The van der Waals surface area contributed by atoms with E-state index < -0.39 is 36.0 Å². The van der Waals surface area contributed by atoms with Gasteiger partial charge in [0.1, 0.15) is 5.60 Å². The van der Waals surface area contributed by atoms with Crippen LogP contribution in [0.1, 0.15) is 85.6 Å². The van der Waals surface area contributed by atoms with Crippen molar-refractivity contribution in [3.8, 4) is 0 Å². The summed E-state index contributed by atoms with van der Waals surface area (Å²) < 4.78 is 51.5. The first-order chi connectivity index (χ1) is 27.7. The summed E-state index contributed by atoms with van der Waals surface area (Å²) in [5, 5.41) is 0. The molecule has 0 N–H and O–H groups in total. The van der Waals surface area contributed by atoms with E-state index in [1.807, 2.05) is 85.8 Å². The van der Waals surface area contributed by atoms with Gasteiger partial charge < -0.3 is 13.9 Å². The zero-order valence-corrected chi connectivity index (χ0v) is 37.0. The molecule has 3 atom stereocenters. The van der Waals surface area contributed by atoms with E-state index in [-0.39, 0.29) is 53.1 Å². The molecule has 1 aliphatic heterocycles. The molecule has 0 radical (unpaired) electrons. The van der Waals surface area contributed by atoms with Crippen LogP contribution >= 0.6 is 0 Å². The topological polar surface area (TPSA) is 82.1 Å². The summed E-state index contributed by atoms with van der Waals surface area (Å²) in [6.45, 7) is 16.1. The predicted molar refractivity (Wildman–Crippen MR) is 235 cm³/mol. The maximum absolute atomic E-state index is 14.8. The van der Waals surface area contributed by atoms with Gasteiger partial charge in [-0.2, -0.15) is 4.31 Å². The summed E-state index contributed by atoms with van der Waals surface area (Å²) in [5.74, 6) is -1.06. The zero-order valence-electron chi connectivity index (χ0n) is 35.2. The first-order valence-corrected chi connectivity index (χ1v) is 24.1. The van der Waals surface area contributed by atoms with Crippen molar-refractivity contribution in [1.82, 2.24) is 4.31 Å². The minimum atomic E-state index is -3.95. The largest absolute Gasteiger partial charge is 0.465 e. The number of benzene rings is 5. The van der Waals surface area contributed by atoms with Crippen LogP contribution in [-0.4, -0.2) is 59.9 Å². The molecule has 0 spiro atoms. The van der Waals surface area contributed by atoms with Gasteiger partial charge in [-0.1, -0.05) is 162 Å². The lowest BCUT2D eigenvalue weighted by molar-refractivity contribution is -0.0414. The molecule has 1 heterocycles. The average Bonchev–Trinajstić information content (AvgIpc) is 3.23. The molecule has 0 bridgehead atoms. The summed E-state index contributed by atoms with van der Waals surface area (Å²) >= 11 is 0. The molecule has 1 aliphatic rings. The Morgan fingerprint density at radius 3 is 1.59 bits per heavy atom. The molecular formula is C49H59NO6SSi. The standard InChI is InChI=1S/C49H59NO6SSi/c1-35(2)58(36(3)4,37(5)6)56-46-33-50(57(52,53)45-30-24-38(7)25-31-45)32-41(47(46)39-26-28-40(29-27-39)48(51)54-8)34-55-49(42-18-12-9-13-19-42,43-20-14-10-15-21-43)44-22-16-11-17-23-44/h9-31,35-37,41,46-47H,32-34H2,1-8H3. The van der Waals surface area contributed by atoms with Crippen LogP contribution in [0.25, 0.3) is 0 Å². The van der Waals surface area contributed by atoms with E-state index in [0.717, 1.165) is 27.8 Å². The second kappa shape index (κ2) is 18.3. The van der Waals surface area contributed by atoms with Crippen LogP contribution in [0, 0.1) is 12.8 Å². The highest BCUT2D eigenvalue weighted by atomic mass is 32.2. The molecule has 5 aromatic carbocycles. The Balaban J connectivity index is 1.56. The molecule has 306 valence electrons. The van der Waals surface area contributed by atoms with Crippen molar-refractivity contribution in [3.05, 3.63) is 173 Å². The van der Waals surface area contributed by atoms with E-state index in [1.54, 1.807) is 28.6 Å². The molecule has 58 heavy (non-hydrogen) atoms. The number of carbonyl (C=O) groups excluding carboxylic acids is 1. The molecule has 1 fully saturated rings. The Kier molecular flexibility index (Phi) is 13.6. The van der Waals surface area contributed by atoms with Gasteiger partial charge in [0.05, 0.1) is 30.3 Å². The highest BCUT2D eigenvalue weighted by Crippen LogP contribution is 2.48. The first-order valence-electron chi connectivity index (χ1n) is 20.5. The normalized spacial score (nSPS) is 18.2. The second-order valence-electron chi connectivity index (χ2n) is 16.6. The van der Waals surface area contributed by atoms with Crippen molar-refractivity contribution in [2.75, 3.05) is 26.8 Å². The summed E-state index contributed by atoms with van der Waals surface area (Å²) in [5.41, 5.74) is 5.04. The van der Waals surface area contributed by atoms with Gasteiger partial charge in [0.2, 0.25) is 18.3 Å². The Hall–Kier alpha value is -4.38. The van der Waals surface area contributed by atoms with E-state index in [9.17, 15) is 13.2 Å². The molecule has 0 aliphatic carbocycles.